The molecule has 0 radical (unpaired) electrons. The van der Waals surface area contributed by atoms with Crippen molar-refractivity contribution < 1.29 is 27.6 Å². The number of amides is 2. The Balaban J connectivity index is 2.05. The lowest BCUT2D eigenvalue weighted by atomic mass is 10.1. The molecule has 0 atom stereocenters. The summed E-state index contributed by atoms with van der Waals surface area (Å²) >= 11 is 0. The summed E-state index contributed by atoms with van der Waals surface area (Å²) in [7, 11) is 0. The minimum Gasteiger partial charge on any atom is -0.322 e. The van der Waals surface area contributed by atoms with Crippen LogP contribution >= 0.6 is 0 Å². The average Bonchev–Trinajstić information content (AvgIpc) is 2.62. The van der Waals surface area contributed by atoms with Gasteiger partial charge in [0.2, 0.25) is 5.91 Å². The molecule has 0 spiro atoms. The molecule has 5 nitrogen and oxygen atoms in total. The lowest BCUT2D eigenvalue weighted by molar-refractivity contribution is -0.114. The Morgan fingerprint density at radius 1 is 0.852 bits per heavy atom. The Morgan fingerprint density at radius 2 is 1.48 bits per heavy atom. The average molecular weight is 376 g/mol. The van der Waals surface area contributed by atoms with Crippen LogP contribution in [-0.4, -0.2) is 17.6 Å². The lowest BCUT2D eigenvalue weighted by Crippen LogP contribution is -2.17. The predicted octanol–water partition coefficient (Wildman–Crippen LogP) is 3.83. The number of Topliss-reactive ketones (excluding diaryl/α,β-unsaturated/α-hetero) is 1. The Kier molecular flexibility index (Phi) is 6.12. The zero-order valence-electron chi connectivity index (χ0n) is 14.4. The molecule has 140 valence electrons. The fourth-order valence-corrected chi connectivity index (χ4v) is 2.07. The number of anilines is 2. The molecule has 2 amide bonds. The van der Waals surface area contributed by atoms with Crippen LogP contribution in [0.4, 0.5) is 24.5 Å². The van der Waals surface area contributed by atoms with Crippen molar-refractivity contribution in [3.8, 4) is 0 Å². The second kappa shape index (κ2) is 8.31. The third kappa shape index (κ3) is 5.04. The van der Waals surface area contributed by atoms with Gasteiger partial charge in [-0.3, -0.25) is 14.4 Å². The van der Waals surface area contributed by atoms with Crippen molar-refractivity contribution in [2.75, 3.05) is 10.6 Å². The van der Waals surface area contributed by atoms with Crippen LogP contribution in [0.3, 0.4) is 0 Å². The molecule has 2 rings (SSSR count). The summed E-state index contributed by atoms with van der Waals surface area (Å²) in [5, 5.41) is 4.56. The Labute approximate surface area is 152 Å². The van der Waals surface area contributed by atoms with E-state index < -0.39 is 35.0 Å². The van der Waals surface area contributed by atoms with Gasteiger partial charge < -0.3 is 10.6 Å². The van der Waals surface area contributed by atoms with E-state index in [9.17, 15) is 27.6 Å². The van der Waals surface area contributed by atoms with Gasteiger partial charge in [0, 0.05) is 22.9 Å². The molecule has 0 saturated heterocycles. The van der Waals surface area contributed by atoms with E-state index in [4.69, 9.17) is 0 Å². The van der Waals surface area contributed by atoms with Crippen LogP contribution in [0.15, 0.2) is 48.0 Å². The number of ketones is 1. The molecule has 8 heteroatoms. The van der Waals surface area contributed by atoms with E-state index in [0.717, 1.165) is 12.1 Å². The van der Waals surface area contributed by atoms with Gasteiger partial charge in [0.05, 0.1) is 5.69 Å². The van der Waals surface area contributed by atoms with E-state index in [1.54, 1.807) is 0 Å². The number of carbonyl (C=O) groups excluding carboxylic acids is 3. The number of nitrogens with one attached hydrogen (secondary N) is 2. The first-order chi connectivity index (χ1) is 12.7. The summed E-state index contributed by atoms with van der Waals surface area (Å²) in [6.07, 6.45) is 0.889. The van der Waals surface area contributed by atoms with Gasteiger partial charge in [-0.05, 0) is 50.2 Å². The molecule has 0 fully saturated rings. The Hall–Kier alpha value is -3.42. The second-order valence-corrected chi connectivity index (χ2v) is 5.63. The third-order valence-corrected chi connectivity index (χ3v) is 3.55. The molecular formula is C19H15F3N2O3. The van der Waals surface area contributed by atoms with E-state index >= 15 is 0 Å². The van der Waals surface area contributed by atoms with E-state index in [1.165, 1.54) is 38.1 Å². The van der Waals surface area contributed by atoms with E-state index in [1.807, 2.05) is 5.32 Å². The Morgan fingerprint density at radius 3 is 2.07 bits per heavy atom. The van der Waals surface area contributed by atoms with Crippen molar-refractivity contribution in [2.24, 2.45) is 0 Å². The standard InChI is InChI=1S/C19H15F3N2O3/c1-10(19(27)23-13-5-3-12(4-6-13)11(2)25)9-16(26)24-15-8-7-14(20)17(21)18(15)22/h3-9H,1-2H3,(H,23,27)(H,24,26)/b10-9-. The first-order valence-electron chi connectivity index (χ1n) is 7.74. The zero-order chi connectivity index (χ0) is 20.1. The molecule has 0 aromatic heterocycles. The number of rotatable bonds is 5. The third-order valence-electron chi connectivity index (χ3n) is 3.55. The van der Waals surface area contributed by atoms with Crippen molar-refractivity contribution >= 4 is 29.0 Å². The van der Waals surface area contributed by atoms with Crippen LogP contribution in [0.1, 0.15) is 24.2 Å². The monoisotopic (exact) mass is 376 g/mol. The molecule has 0 bridgehead atoms. The van der Waals surface area contributed by atoms with Crippen molar-refractivity contribution in [3.05, 3.63) is 71.1 Å². The number of hydrogen-bond donors (Lipinski definition) is 2. The van der Waals surface area contributed by atoms with Gasteiger partial charge in [0.15, 0.2) is 23.2 Å². The van der Waals surface area contributed by atoms with E-state index in [-0.39, 0.29) is 11.4 Å². The van der Waals surface area contributed by atoms with Crippen LogP contribution in [-0.2, 0) is 9.59 Å². The quantitative estimate of drug-likeness (QED) is 0.473. The highest BCUT2D eigenvalue weighted by Gasteiger charge is 2.15. The van der Waals surface area contributed by atoms with Gasteiger partial charge in [0.25, 0.3) is 5.91 Å². The zero-order valence-corrected chi connectivity index (χ0v) is 14.4. The highest BCUT2D eigenvalue weighted by Crippen LogP contribution is 2.19. The van der Waals surface area contributed by atoms with Crippen molar-refractivity contribution in [2.45, 2.75) is 13.8 Å². The predicted molar refractivity (Wildman–Crippen MR) is 93.8 cm³/mol. The number of benzene rings is 2. The Bertz CT molecular complexity index is 938. The molecule has 0 heterocycles. The maximum atomic E-state index is 13.5. The molecule has 2 aromatic carbocycles. The number of hydrogen-bond acceptors (Lipinski definition) is 3. The molecule has 0 aliphatic heterocycles. The topological polar surface area (TPSA) is 75.3 Å². The molecule has 2 aromatic rings. The molecule has 27 heavy (non-hydrogen) atoms. The van der Waals surface area contributed by atoms with Crippen LogP contribution < -0.4 is 10.6 Å². The van der Waals surface area contributed by atoms with Crippen LogP contribution in [0.2, 0.25) is 0 Å². The highest BCUT2D eigenvalue weighted by atomic mass is 19.2. The maximum Gasteiger partial charge on any atom is 0.251 e. The number of carbonyl (C=O) groups is 3. The molecule has 0 aliphatic carbocycles. The molecular weight excluding hydrogens is 361 g/mol. The molecule has 0 unspecified atom stereocenters. The van der Waals surface area contributed by atoms with Gasteiger partial charge in [0.1, 0.15) is 0 Å². The van der Waals surface area contributed by atoms with E-state index in [2.05, 4.69) is 5.32 Å². The van der Waals surface area contributed by atoms with Gasteiger partial charge in [-0.2, -0.15) is 0 Å². The van der Waals surface area contributed by atoms with Crippen molar-refractivity contribution in [3.63, 3.8) is 0 Å². The minimum atomic E-state index is -1.71. The van der Waals surface area contributed by atoms with Crippen LogP contribution in [0, 0.1) is 17.5 Å². The van der Waals surface area contributed by atoms with Crippen molar-refractivity contribution in [1.82, 2.24) is 0 Å². The summed E-state index contributed by atoms with van der Waals surface area (Å²) in [5.41, 5.74) is 0.326. The maximum absolute atomic E-state index is 13.5. The second-order valence-electron chi connectivity index (χ2n) is 5.63. The van der Waals surface area contributed by atoms with Gasteiger partial charge in [-0.25, -0.2) is 13.2 Å². The highest BCUT2D eigenvalue weighted by molar-refractivity contribution is 6.10. The fraction of sp³-hybridized carbons (Fsp3) is 0.105. The minimum absolute atomic E-state index is 0.00821. The lowest BCUT2D eigenvalue weighted by Gasteiger charge is -2.07. The van der Waals surface area contributed by atoms with Crippen LogP contribution in [0.5, 0.6) is 0 Å². The smallest absolute Gasteiger partial charge is 0.251 e. The number of halogens is 3. The largest absolute Gasteiger partial charge is 0.322 e. The summed E-state index contributed by atoms with van der Waals surface area (Å²) in [5.74, 6) is -6.24. The van der Waals surface area contributed by atoms with E-state index in [0.29, 0.717) is 17.3 Å². The molecule has 0 saturated carbocycles. The summed E-state index contributed by atoms with van der Waals surface area (Å²) < 4.78 is 39.6. The molecule has 2 N–H and O–H groups in total. The van der Waals surface area contributed by atoms with Gasteiger partial charge in [-0.15, -0.1) is 0 Å². The fourth-order valence-electron chi connectivity index (χ4n) is 2.07. The summed E-state index contributed by atoms with van der Waals surface area (Å²) in [6.45, 7) is 2.76. The normalized spacial score (nSPS) is 11.1. The summed E-state index contributed by atoms with van der Waals surface area (Å²) in [6, 6.07) is 7.66. The summed E-state index contributed by atoms with van der Waals surface area (Å²) in [4.78, 5) is 35.1. The van der Waals surface area contributed by atoms with Gasteiger partial charge >= 0.3 is 0 Å². The first kappa shape index (κ1) is 19.9. The van der Waals surface area contributed by atoms with Gasteiger partial charge in [-0.1, -0.05) is 0 Å². The molecule has 0 aliphatic rings. The SMILES string of the molecule is CC(=O)c1ccc(NC(=O)/C(C)=C\C(=O)Nc2ccc(F)c(F)c2F)cc1. The van der Waals surface area contributed by atoms with Crippen molar-refractivity contribution in [1.29, 1.82) is 0 Å². The first-order valence-corrected chi connectivity index (χ1v) is 7.74. The van der Waals surface area contributed by atoms with Crippen LogP contribution in [0.25, 0.3) is 0 Å².